The smallest absolute Gasteiger partial charge is 0.119 e. The normalized spacial score (nSPS) is 23.8. The average Bonchev–Trinajstić information content (AvgIpc) is 2.43. The molecule has 0 bridgehead atoms. The Balaban J connectivity index is 1.73. The molecular weight excluding hydrogens is 262 g/mol. The van der Waals surface area contributed by atoms with Crippen LogP contribution in [0.5, 0.6) is 5.75 Å². The van der Waals surface area contributed by atoms with Crippen LogP contribution in [0, 0.1) is 19.8 Å². The second-order valence-corrected chi connectivity index (χ2v) is 6.56. The van der Waals surface area contributed by atoms with Gasteiger partial charge in [0.1, 0.15) is 18.5 Å². The van der Waals surface area contributed by atoms with Crippen LogP contribution in [0.25, 0.3) is 0 Å². The minimum atomic E-state index is -0.458. The van der Waals surface area contributed by atoms with Crippen molar-refractivity contribution in [1.29, 1.82) is 0 Å². The number of aryl methyl sites for hydroxylation is 2. The van der Waals surface area contributed by atoms with Crippen molar-refractivity contribution in [3.05, 3.63) is 29.3 Å². The standard InChI is InChI=1S/C18H29NO2/c1-13-8-14(2)10-17(9-13)21-12-16(20)11-19-18-7-5-4-6-15(18)3/h8-10,15-16,18-20H,4-7,11-12H2,1-3H3/t15-,16+,18+/m0/s1. The monoisotopic (exact) mass is 291 g/mol. The van der Waals surface area contributed by atoms with Gasteiger partial charge in [-0.2, -0.15) is 0 Å². The Hall–Kier alpha value is -1.06. The van der Waals surface area contributed by atoms with Crippen LogP contribution in [0.3, 0.4) is 0 Å². The molecule has 2 rings (SSSR count). The van der Waals surface area contributed by atoms with Crippen molar-refractivity contribution in [3.63, 3.8) is 0 Å². The lowest BCUT2D eigenvalue weighted by Crippen LogP contribution is -2.42. The molecule has 0 aromatic heterocycles. The molecule has 1 aromatic rings. The quantitative estimate of drug-likeness (QED) is 0.845. The largest absolute Gasteiger partial charge is 0.491 e. The molecule has 0 amide bonds. The van der Waals surface area contributed by atoms with Crippen molar-refractivity contribution >= 4 is 0 Å². The summed E-state index contributed by atoms with van der Waals surface area (Å²) >= 11 is 0. The first kappa shape index (κ1) is 16.3. The van der Waals surface area contributed by atoms with Gasteiger partial charge in [0.15, 0.2) is 0 Å². The van der Waals surface area contributed by atoms with Crippen molar-refractivity contribution in [1.82, 2.24) is 5.32 Å². The lowest BCUT2D eigenvalue weighted by molar-refractivity contribution is 0.0984. The van der Waals surface area contributed by atoms with Crippen molar-refractivity contribution in [3.8, 4) is 5.75 Å². The van der Waals surface area contributed by atoms with Crippen LogP contribution >= 0.6 is 0 Å². The van der Waals surface area contributed by atoms with Crippen LogP contribution in [0.2, 0.25) is 0 Å². The van der Waals surface area contributed by atoms with E-state index >= 15 is 0 Å². The van der Waals surface area contributed by atoms with Gasteiger partial charge in [-0.05, 0) is 55.9 Å². The van der Waals surface area contributed by atoms with Gasteiger partial charge >= 0.3 is 0 Å². The third-order valence-corrected chi connectivity index (χ3v) is 4.36. The maximum absolute atomic E-state index is 10.1. The van der Waals surface area contributed by atoms with Crippen molar-refractivity contribution in [2.75, 3.05) is 13.2 Å². The number of rotatable bonds is 6. The Labute approximate surface area is 128 Å². The molecule has 3 heteroatoms. The van der Waals surface area contributed by atoms with Gasteiger partial charge in [0.2, 0.25) is 0 Å². The fraction of sp³-hybridized carbons (Fsp3) is 0.667. The predicted molar refractivity (Wildman–Crippen MR) is 86.8 cm³/mol. The molecule has 1 aromatic carbocycles. The molecule has 3 atom stereocenters. The Morgan fingerprint density at radius 2 is 1.86 bits per heavy atom. The molecule has 0 saturated heterocycles. The Morgan fingerprint density at radius 3 is 2.52 bits per heavy atom. The van der Waals surface area contributed by atoms with Crippen molar-refractivity contribution in [2.45, 2.75) is 58.6 Å². The van der Waals surface area contributed by atoms with Gasteiger partial charge in [0, 0.05) is 12.6 Å². The second-order valence-electron chi connectivity index (χ2n) is 6.56. The highest BCUT2D eigenvalue weighted by molar-refractivity contribution is 5.32. The molecule has 0 heterocycles. The summed E-state index contributed by atoms with van der Waals surface area (Å²) in [5, 5.41) is 13.6. The van der Waals surface area contributed by atoms with Gasteiger partial charge in [-0.3, -0.25) is 0 Å². The molecule has 1 fully saturated rings. The van der Waals surface area contributed by atoms with Crippen molar-refractivity contribution < 1.29 is 9.84 Å². The first-order chi connectivity index (χ1) is 10.0. The molecule has 2 N–H and O–H groups in total. The zero-order chi connectivity index (χ0) is 15.2. The van der Waals surface area contributed by atoms with Crippen LogP contribution < -0.4 is 10.1 Å². The lowest BCUT2D eigenvalue weighted by atomic mass is 9.86. The zero-order valence-electron chi connectivity index (χ0n) is 13.6. The highest BCUT2D eigenvalue weighted by Crippen LogP contribution is 2.23. The molecule has 118 valence electrons. The molecule has 0 aliphatic heterocycles. The fourth-order valence-corrected chi connectivity index (χ4v) is 3.17. The highest BCUT2D eigenvalue weighted by Gasteiger charge is 2.21. The minimum Gasteiger partial charge on any atom is -0.491 e. The third-order valence-electron chi connectivity index (χ3n) is 4.36. The number of ether oxygens (including phenoxy) is 1. The third kappa shape index (κ3) is 5.33. The SMILES string of the molecule is Cc1cc(C)cc(OC[C@H](O)CN[C@@H]2CCCC[C@@H]2C)c1. The summed E-state index contributed by atoms with van der Waals surface area (Å²) in [6.07, 6.45) is 4.72. The number of nitrogens with one attached hydrogen (secondary N) is 1. The molecular formula is C18H29NO2. The summed E-state index contributed by atoms with van der Waals surface area (Å²) in [4.78, 5) is 0. The second kappa shape index (κ2) is 7.81. The van der Waals surface area contributed by atoms with E-state index in [-0.39, 0.29) is 0 Å². The first-order valence-electron chi connectivity index (χ1n) is 8.17. The molecule has 3 nitrogen and oxygen atoms in total. The maximum atomic E-state index is 10.1. The maximum Gasteiger partial charge on any atom is 0.119 e. The Bertz CT molecular complexity index is 427. The van der Waals surface area contributed by atoms with Crippen LogP contribution in [0.15, 0.2) is 18.2 Å². The van der Waals surface area contributed by atoms with E-state index in [4.69, 9.17) is 4.74 Å². The summed E-state index contributed by atoms with van der Waals surface area (Å²) in [6.45, 7) is 7.37. The van der Waals surface area contributed by atoms with E-state index in [1.165, 1.54) is 36.8 Å². The molecule has 21 heavy (non-hydrogen) atoms. The first-order valence-corrected chi connectivity index (χ1v) is 8.17. The van der Waals surface area contributed by atoms with Gasteiger partial charge in [-0.25, -0.2) is 0 Å². The Morgan fingerprint density at radius 1 is 1.19 bits per heavy atom. The molecule has 1 aliphatic rings. The van der Waals surface area contributed by atoms with Gasteiger partial charge in [-0.15, -0.1) is 0 Å². The Kier molecular flexibility index (Phi) is 6.07. The van der Waals surface area contributed by atoms with E-state index in [9.17, 15) is 5.11 Å². The van der Waals surface area contributed by atoms with E-state index < -0.39 is 6.10 Å². The molecule has 0 spiro atoms. The molecule has 0 unspecified atom stereocenters. The summed E-state index contributed by atoms with van der Waals surface area (Å²) < 4.78 is 5.71. The fourth-order valence-electron chi connectivity index (χ4n) is 3.17. The number of benzene rings is 1. The van der Waals surface area contributed by atoms with Crippen molar-refractivity contribution in [2.24, 2.45) is 5.92 Å². The van der Waals surface area contributed by atoms with Gasteiger partial charge in [-0.1, -0.05) is 25.8 Å². The zero-order valence-corrected chi connectivity index (χ0v) is 13.6. The van der Waals surface area contributed by atoms with Crippen LogP contribution in [0.1, 0.15) is 43.7 Å². The summed E-state index contributed by atoms with van der Waals surface area (Å²) in [5.41, 5.74) is 2.38. The van der Waals surface area contributed by atoms with Crippen LogP contribution in [0.4, 0.5) is 0 Å². The van der Waals surface area contributed by atoms with Crippen LogP contribution in [-0.2, 0) is 0 Å². The highest BCUT2D eigenvalue weighted by atomic mass is 16.5. The van der Waals surface area contributed by atoms with E-state index in [1.54, 1.807) is 0 Å². The molecule has 1 aliphatic carbocycles. The van der Waals surface area contributed by atoms with Crippen LogP contribution in [-0.4, -0.2) is 30.4 Å². The summed E-state index contributed by atoms with van der Waals surface area (Å²) in [5.74, 6) is 1.56. The van der Waals surface area contributed by atoms with E-state index in [0.29, 0.717) is 25.1 Å². The minimum absolute atomic E-state index is 0.344. The average molecular weight is 291 g/mol. The van der Waals surface area contributed by atoms with Gasteiger partial charge in [0.25, 0.3) is 0 Å². The number of aliphatic hydroxyl groups is 1. The number of hydrogen-bond acceptors (Lipinski definition) is 3. The molecule has 1 saturated carbocycles. The topological polar surface area (TPSA) is 41.5 Å². The van der Waals surface area contributed by atoms with E-state index in [1.807, 2.05) is 12.1 Å². The van der Waals surface area contributed by atoms with Gasteiger partial charge in [0.05, 0.1) is 0 Å². The number of hydrogen-bond donors (Lipinski definition) is 2. The van der Waals surface area contributed by atoms with E-state index in [2.05, 4.69) is 32.2 Å². The summed E-state index contributed by atoms with van der Waals surface area (Å²) in [6, 6.07) is 6.69. The van der Waals surface area contributed by atoms with E-state index in [0.717, 1.165) is 5.75 Å². The molecule has 0 radical (unpaired) electrons. The predicted octanol–water partition coefficient (Wildman–Crippen LogP) is 3.21. The van der Waals surface area contributed by atoms with Gasteiger partial charge < -0.3 is 15.2 Å². The lowest BCUT2D eigenvalue weighted by Gasteiger charge is -2.30. The summed E-state index contributed by atoms with van der Waals surface area (Å²) in [7, 11) is 0. The number of aliphatic hydroxyl groups excluding tert-OH is 1.